The van der Waals surface area contributed by atoms with Crippen LogP contribution in [0.1, 0.15) is 12.5 Å². The van der Waals surface area contributed by atoms with Crippen molar-refractivity contribution in [3.8, 4) is 0 Å². The summed E-state index contributed by atoms with van der Waals surface area (Å²) in [5.41, 5.74) is 6.77. The van der Waals surface area contributed by atoms with Crippen LogP contribution in [0.3, 0.4) is 0 Å². The highest BCUT2D eigenvalue weighted by atomic mass is 32.2. The number of sulfonamides is 1. The fraction of sp³-hybridized carbons (Fsp3) is 0.500. The topological polar surface area (TPSA) is 72.6 Å². The molecular formula is C12H20N2O3S. The van der Waals surface area contributed by atoms with Crippen molar-refractivity contribution in [2.24, 2.45) is 0 Å². The van der Waals surface area contributed by atoms with Crippen molar-refractivity contribution in [2.75, 3.05) is 26.5 Å². The fourth-order valence-corrected chi connectivity index (χ4v) is 3.24. The molecule has 1 unspecified atom stereocenters. The lowest BCUT2D eigenvalue weighted by molar-refractivity contribution is 0.149. The van der Waals surface area contributed by atoms with E-state index in [2.05, 4.69) is 0 Å². The van der Waals surface area contributed by atoms with Gasteiger partial charge in [-0.2, -0.15) is 4.31 Å². The summed E-state index contributed by atoms with van der Waals surface area (Å²) in [6.07, 6.45) is 0. The van der Waals surface area contributed by atoms with Crippen molar-refractivity contribution in [2.45, 2.75) is 24.8 Å². The van der Waals surface area contributed by atoms with Gasteiger partial charge < -0.3 is 10.5 Å². The molecule has 0 heterocycles. The molecule has 1 rings (SSSR count). The lowest BCUT2D eigenvalue weighted by Crippen LogP contribution is -2.38. The molecular weight excluding hydrogens is 252 g/mol. The average molecular weight is 272 g/mol. The summed E-state index contributed by atoms with van der Waals surface area (Å²) in [4.78, 5) is 0.243. The van der Waals surface area contributed by atoms with E-state index in [4.69, 9.17) is 10.5 Å². The van der Waals surface area contributed by atoms with E-state index in [9.17, 15) is 8.42 Å². The van der Waals surface area contributed by atoms with Crippen LogP contribution in [0.2, 0.25) is 0 Å². The minimum atomic E-state index is -3.54. The number of likely N-dealkylation sites (N-methyl/N-ethyl adjacent to an activating group) is 1. The van der Waals surface area contributed by atoms with Crippen molar-refractivity contribution in [1.29, 1.82) is 0 Å². The van der Waals surface area contributed by atoms with E-state index in [1.54, 1.807) is 40.1 Å². The first-order valence-electron chi connectivity index (χ1n) is 5.63. The zero-order valence-corrected chi connectivity index (χ0v) is 12.0. The SMILES string of the molecule is COCC(C)N(C)S(=O)(=O)c1cc(N)ccc1C. The third-order valence-corrected chi connectivity index (χ3v) is 5.01. The average Bonchev–Trinajstić information content (AvgIpc) is 2.31. The van der Waals surface area contributed by atoms with Crippen molar-refractivity contribution in [3.63, 3.8) is 0 Å². The normalized spacial score (nSPS) is 13.8. The zero-order valence-electron chi connectivity index (χ0n) is 11.2. The minimum Gasteiger partial charge on any atom is -0.399 e. The molecule has 0 aliphatic rings. The summed E-state index contributed by atoms with van der Waals surface area (Å²) < 4.78 is 31.2. The van der Waals surface area contributed by atoms with Gasteiger partial charge in [0.25, 0.3) is 0 Å². The van der Waals surface area contributed by atoms with Gasteiger partial charge in [-0.3, -0.25) is 0 Å². The van der Waals surface area contributed by atoms with Crippen LogP contribution >= 0.6 is 0 Å². The van der Waals surface area contributed by atoms with Gasteiger partial charge in [-0.05, 0) is 31.5 Å². The summed E-state index contributed by atoms with van der Waals surface area (Å²) in [5, 5.41) is 0. The van der Waals surface area contributed by atoms with Crippen LogP contribution in [-0.4, -0.2) is 39.5 Å². The Hall–Kier alpha value is -1.11. The maximum atomic E-state index is 12.4. The Balaban J connectivity index is 3.17. The largest absolute Gasteiger partial charge is 0.399 e. The lowest BCUT2D eigenvalue weighted by Gasteiger charge is -2.24. The smallest absolute Gasteiger partial charge is 0.243 e. The molecule has 0 bridgehead atoms. The van der Waals surface area contributed by atoms with Gasteiger partial charge in [-0.25, -0.2) is 8.42 Å². The van der Waals surface area contributed by atoms with Gasteiger partial charge in [0, 0.05) is 25.9 Å². The third-order valence-electron chi connectivity index (χ3n) is 2.90. The number of methoxy groups -OCH3 is 1. The molecule has 0 radical (unpaired) electrons. The molecule has 0 aromatic heterocycles. The van der Waals surface area contributed by atoms with Gasteiger partial charge in [0.1, 0.15) is 0 Å². The van der Waals surface area contributed by atoms with E-state index in [-0.39, 0.29) is 10.9 Å². The molecule has 0 spiro atoms. The Bertz CT molecular complexity index is 514. The summed E-state index contributed by atoms with van der Waals surface area (Å²) in [6.45, 7) is 3.89. The lowest BCUT2D eigenvalue weighted by atomic mass is 10.2. The number of nitrogens with two attached hydrogens (primary N) is 1. The van der Waals surface area contributed by atoms with Crippen molar-refractivity contribution in [3.05, 3.63) is 23.8 Å². The molecule has 0 aliphatic carbocycles. The second kappa shape index (κ2) is 5.69. The number of ether oxygens (including phenoxy) is 1. The quantitative estimate of drug-likeness (QED) is 0.818. The number of nitrogen functional groups attached to an aromatic ring is 1. The predicted molar refractivity (Wildman–Crippen MR) is 71.9 cm³/mol. The van der Waals surface area contributed by atoms with Crippen molar-refractivity contribution < 1.29 is 13.2 Å². The highest BCUT2D eigenvalue weighted by Crippen LogP contribution is 2.22. The minimum absolute atomic E-state index is 0.235. The molecule has 1 atom stereocenters. The van der Waals surface area contributed by atoms with E-state index in [0.29, 0.717) is 17.9 Å². The van der Waals surface area contributed by atoms with Gasteiger partial charge in [0.05, 0.1) is 11.5 Å². The highest BCUT2D eigenvalue weighted by molar-refractivity contribution is 7.89. The predicted octanol–water partition coefficient (Wildman–Crippen LogP) is 1.23. The van der Waals surface area contributed by atoms with E-state index in [1.807, 2.05) is 0 Å². The molecule has 102 valence electrons. The Morgan fingerprint density at radius 1 is 1.44 bits per heavy atom. The monoisotopic (exact) mass is 272 g/mol. The van der Waals surface area contributed by atoms with Gasteiger partial charge in [-0.15, -0.1) is 0 Å². The summed E-state index contributed by atoms with van der Waals surface area (Å²) in [7, 11) is -0.453. The molecule has 0 saturated carbocycles. The van der Waals surface area contributed by atoms with E-state index < -0.39 is 10.0 Å². The van der Waals surface area contributed by atoms with Crippen LogP contribution < -0.4 is 5.73 Å². The molecule has 1 aromatic rings. The Kier molecular flexibility index (Phi) is 4.72. The molecule has 6 heteroatoms. The van der Waals surface area contributed by atoms with Gasteiger partial charge >= 0.3 is 0 Å². The van der Waals surface area contributed by atoms with E-state index >= 15 is 0 Å². The number of benzene rings is 1. The molecule has 1 aromatic carbocycles. The number of hydrogen-bond donors (Lipinski definition) is 1. The van der Waals surface area contributed by atoms with Gasteiger partial charge in [-0.1, -0.05) is 6.07 Å². The Morgan fingerprint density at radius 2 is 2.06 bits per heavy atom. The first kappa shape index (κ1) is 14.9. The number of aryl methyl sites for hydroxylation is 1. The standard InChI is InChI=1S/C12H20N2O3S/c1-9-5-6-11(13)7-12(9)18(15,16)14(3)10(2)8-17-4/h5-7,10H,8,13H2,1-4H3. The second-order valence-corrected chi connectivity index (χ2v) is 6.32. The first-order valence-corrected chi connectivity index (χ1v) is 7.07. The van der Waals surface area contributed by atoms with Crippen molar-refractivity contribution >= 4 is 15.7 Å². The molecule has 0 amide bonds. The number of rotatable bonds is 5. The van der Waals surface area contributed by atoms with Crippen LogP contribution in [0.5, 0.6) is 0 Å². The number of anilines is 1. The Morgan fingerprint density at radius 3 is 2.61 bits per heavy atom. The number of hydrogen-bond acceptors (Lipinski definition) is 4. The molecule has 18 heavy (non-hydrogen) atoms. The van der Waals surface area contributed by atoms with Gasteiger partial charge in [0.15, 0.2) is 0 Å². The highest BCUT2D eigenvalue weighted by Gasteiger charge is 2.26. The second-order valence-electron chi connectivity index (χ2n) is 4.35. The van der Waals surface area contributed by atoms with Crippen LogP contribution in [0.4, 0.5) is 5.69 Å². The van der Waals surface area contributed by atoms with Crippen molar-refractivity contribution in [1.82, 2.24) is 4.31 Å². The molecule has 0 saturated heterocycles. The van der Waals surface area contributed by atoms with Crippen LogP contribution in [0.25, 0.3) is 0 Å². The third kappa shape index (κ3) is 3.01. The van der Waals surface area contributed by atoms with E-state index in [1.165, 1.54) is 10.4 Å². The first-order chi connectivity index (χ1) is 8.30. The zero-order chi connectivity index (χ0) is 13.9. The van der Waals surface area contributed by atoms with Gasteiger partial charge in [0.2, 0.25) is 10.0 Å². The number of nitrogens with zero attached hydrogens (tertiary/aromatic N) is 1. The van der Waals surface area contributed by atoms with Crippen LogP contribution in [-0.2, 0) is 14.8 Å². The molecule has 0 fully saturated rings. The molecule has 2 N–H and O–H groups in total. The summed E-state index contributed by atoms with van der Waals surface area (Å²) in [6, 6.07) is 4.64. The van der Waals surface area contributed by atoms with E-state index in [0.717, 1.165) is 0 Å². The maximum absolute atomic E-state index is 12.4. The molecule has 0 aliphatic heterocycles. The maximum Gasteiger partial charge on any atom is 0.243 e. The Labute approximate surface area is 109 Å². The summed E-state index contributed by atoms with van der Waals surface area (Å²) in [5.74, 6) is 0. The fourth-order valence-electron chi connectivity index (χ4n) is 1.63. The molecule has 5 nitrogen and oxygen atoms in total. The summed E-state index contributed by atoms with van der Waals surface area (Å²) >= 11 is 0. The van der Waals surface area contributed by atoms with Crippen LogP contribution in [0, 0.1) is 6.92 Å². The van der Waals surface area contributed by atoms with Crippen LogP contribution in [0.15, 0.2) is 23.1 Å².